The van der Waals surface area contributed by atoms with Crippen molar-refractivity contribution in [1.82, 2.24) is 5.32 Å². The first-order valence-electron chi connectivity index (χ1n) is 9.03. The minimum Gasteiger partial charge on any atom is -0.548 e. The molecule has 1 aliphatic carbocycles. The van der Waals surface area contributed by atoms with E-state index in [0.29, 0.717) is 24.3 Å². The van der Waals surface area contributed by atoms with Crippen LogP contribution >= 0.6 is 11.8 Å². The van der Waals surface area contributed by atoms with Gasteiger partial charge < -0.3 is 20.0 Å². The van der Waals surface area contributed by atoms with Crippen LogP contribution in [0.25, 0.3) is 11.1 Å². The Morgan fingerprint density at radius 2 is 1.59 bits per heavy atom. The summed E-state index contributed by atoms with van der Waals surface area (Å²) in [5.41, 5.74) is 3.22. The molecule has 0 atom stereocenters. The lowest BCUT2D eigenvalue weighted by atomic mass is 9.92. The van der Waals surface area contributed by atoms with Gasteiger partial charge in [0, 0.05) is 5.92 Å². The largest absolute Gasteiger partial charge is 0.548 e. The molecule has 2 aromatic carbocycles. The molecule has 0 unspecified atom stereocenters. The normalized spacial score (nSPS) is 17.6. The molecule has 5 nitrogen and oxygen atoms in total. The van der Waals surface area contributed by atoms with E-state index in [4.69, 9.17) is 4.74 Å². The predicted octanol–water partition coefficient (Wildman–Crippen LogP) is 2.54. The van der Waals surface area contributed by atoms with E-state index in [1.54, 1.807) is 11.8 Å². The zero-order valence-electron chi connectivity index (χ0n) is 14.8. The number of nitrogens with one attached hydrogen (secondary N) is 1. The van der Waals surface area contributed by atoms with Crippen molar-refractivity contribution in [2.24, 2.45) is 0 Å². The summed E-state index contributed by atoms with van der Waals surface area (Å²) in [4.78, 5) is 24.0. The van der Waals surface area contributed by atoms with Crippen LogP contribution in [-0.2, 0) is 9.53 Å². The molecule has 0 saturated carbocycles. The maximum Gasteiger partial charge on any atom is 0.407 e. The van der Waals surface area contributed by atoms with Gasteiger partial charge in [0.25, 0.3) is 0 Å². The monoisotopic (exact) mass is 382 g/mol. The average molecular weight is 382 g/mol. The first-order chi connectivity index (χ1) is 13.1. The molecule has 1 fully saturated rings. The molecule has 4 rings (SSSR count). The summed E-state index contributed by atoms with van der Waals surface area (Å²) >= 11 is 1.68. The Balaban J connectivity index is 1.49. The van der Waals surface area contributed by atoms with Gasteiger partial charge >= 0.3 is 6.09 Å². The number of thioether (sulfide) groups is 1. The van der Waals surface area contributed by atoms with Crippen molar-refractivity contribution in [3.05, 3.63) is 59.7 Å². The number of hydrogen-bond acceptors (Lipinski definition) is 5. The van der Waals surface area contributed by atoms with Gasteiger partial charge in [-0.2, -0.15) is 11.8 Å². The van der Waals surface area contributed by atoms with E-state index in [1.807, 2.05) is 36.4 Å². The molecule has 1 amide bonds. The molecule has 0 aromatic heterocycles. The number of carboxylic acids is 1. The van der Waals surface area contributed by atoms with E-state index in [2.05, 4.69) is 17.4 Å². The number of hydrogen-bond donors (Lipinski definition) is 1. The molecule has 0 bridgehead atoms. The van der Waals surface area contributed by atoms with Crippen LogP contribution in [0, 0.1) is 0 Å². The van der Waals surface area contributed by atoms with E-state index >= 15 is 0 Å². The summed E-state index contributed by atoms with van der Waals surface area (Å²) in [7, 11) is 0. The summed E-state index contributed by atoms with van der Waals surface area (Å²) in [5, 5.41) is 14.2. The van der Waals surface area contributed by atoms with Crippen LogP contribution in [0.5, 0.6) is 0 Å². The predicted molar refractivity (Wildman–Crippen MR) is 103 cm³/mol. The first kappa shape index (κ1) is 17.9. The highest BCUT2D eigenvalue weighted by atomic mass is 32.2. The molecule has 2 aromatic rings. The molecule has 2 aliphatic rings. The number of rotatable bonds is 4. The van der Waals surface area contributed by atoms with Gasteiger partial charge in [0.05, 0.1) is 11.5 Å². The highest BCUT2D eigenvalue weighted by Gasteiger charge is 2.36. The van der Waals surface area contributed by atoms with Crippen molar-refractivity contribution in [2.75, 3.05) is 18.1 Å². The summed E-state index contributed by atoms with van der Waals surface area (Å²) in [5.74, 6) is 0.0650. The quantitative estimate of drug-likeness (QED) is 0.879. The second-order valence-corrected chi connectivity index (χ2v) is 8.16. The topological polar surface area (TPSA) is 78.5 Å². The van der Waals surface area contributed by atoms with Gasteiger partial charge in [0.1, 0.15) is 6.61 Å². The van der Waals surface area contributed by atoms with Gasteiger partial charge in [-0.25, -0.2) is 4.79 Å². The summed E-state index contributed by atoms with van der Waals surface area (Å²) in [6, 6.07) is 16.2. The lowest BCUT2D eigenvalue weighted by Crippen LogP contribution is -2.61. The summed E-state index contributed by atoms with van der Waals surface area (Å²) < 4.78 is 5.47. The van der Waals surface area contributed by atoms with E-state index in [9.17, 15) is 14.7 Å². The van der Waals surface area contributed by atoms with Crippen molar-refractivity contribution in [3.8, 4) is 11.1 Å². The molecule has 1 N–H and O–H groups in total. The fourth-order valence-corrected chi connectivity index (χ4v) is 5.12. The number of aliphatic carboxylic acids is 1. The average Bonchev–Trinajstić information content (AvgIpc) is 3.01. The van der Waals surface area contributed by atoms with Gasteiger partial charge in [-0.3, -0.25) is 0 Å². The Hall–Kier alpha value is -2.47. The number of alkyl carbamates (subject to hydrolysis) is 1. The van der Waals surface area contributed by atoms with Crippen molar-refractivity contribution >= 4 is 23.8 Å². The van der Waals surface area contributed by atoms with Crippen molar-refractivity contribution in [1.29, 1.82) is 0 Å². The molecule has 0 radical (unpaired) electrons. The third-order valence-corrected chi connectivity index (χ3v) is 6.41. The third-order valence-electron chi connectivity index (χ3n) is 5.42. The fourth-order valence-electron chi connectivity index (χ4n) is 3.93. The van der Waals surface area contributed by atoms with Crippen molar-refractivity contribution < 1.29 is 19.4 Å². The number of amides is 1. The number of carboxylic acid groups (broad SMARTS) is 1. The first-order valence-corrected chi connectivity index (χ1v) is 10.2. The second kappa shape index (κ2) is 7.27. The van der Waals surface area contributed by atoms with Crippen LogP contribution in [-0.4, -0.2) is 35.7 Å². The molecule has 6 heteroatoms. The van der Waals surface area contributed by atoms with Crippen LogP contribution in [0.2, 0.25) is 0 Å². The highest BCUT2D eigenvalue weighted by molar-refractivity contribution is 7.99. The molecular weight excluding hydrogens is 362 g/mol. The Morgan fingerprint density at radius 1 is 1.04 bits per heavy atom. The van der Waals surface area contributed by atoms with Gasteiger partial charge in [0.2, 0.25) is 0 Å². The minimum absolute atomic E-state index is 0.0519. The van der Waals surface area contributed by atoms with Crippen LogP contribution in [0.4, 0.5) is 4.79 Å². The summed E-state index contributed by atoms with van der Waals surface area (Å²) in [6.07, 6.45) is 0.00181. The number of fused-ring (bicyclic) bond motifs is 3. The van der Waals surface area contributed by atoms with Gasteiger partial charge in [0.15, 0.2) is 0 Å². The van der Waals surface area contributed by atoms with E-state index in [1.165, 1.54) is 0 Å². The SMILES string of the molecule is O=C(NC1(C(=O)[O-])CCSCC1)OCC1c2ccccc2-c2ccccc21. The highest BCUT2D eigenvalue weighted by Crippen LogP contribution is 2.44. The molecule has 1 saturated heterocycles. The van der Waals surface area contributed by atoms with Gasteiger partial charge in [-0.1, -0.05) is 48.5 Å². The standard InChI is InChI=1S/C21H21NO4S/c23-19(24)21(9-11-27-12-10-21)22-20(25)26-13-18-16-7-3-1-5-14(16)15-6-2-4-8-17(15)18/h1-8,18H,9-13H2,(H,22,25)(H,23,24)/p-1. The Bertz CT molecular complexity index is 830. The van der Waals surface area contributed by atoms with Gasteiger partial charge in [-0.05, 0) is 46.6 Å². The number of carbonyl (C=O) groups excluding carboxylic acids is 2. The van der Waals surface area contributed by atoms with E-state index < -0.39 is 17.6 Å². The third kappa shape index (κ3) is 3.30. The second-order valence-electron chi connectivity index (χ2n) is 6.93. The maximum atomic E-state index is 12.4. The van der Waals surface area contributed by atoms with Crippen molar-refractivity contribution in [3.63, 3.8) is 0 Å². The van der Waals surface area contributed by atoms with Gasteiger partial charge in [-0.15, -0.1) is 0 Å². The van der Waals surface area contributed by atoms with E-state index in [0.717, 1.165) is 22.3 Å². The lowest BCUT2D eigenvalue weighted by Gasteiger charge is -2.38. The smallest absolute Gasteiger partial charge is 0.407 e. The number of benzene rings is 2. The number of carbonyl (C=O) groups is 2. The van der Waals surface area contributed by atoms with Crippen molar-refractivity contribution in [2.45, 2.75) is 24.3 Å². The molecule has 0 spiro atoms. The maximum absolute atomic E-state index is 12.4. The lowest BCUT2D eigenvalue weighted by molar-refractivity contribution is -0.314. The Labute approximate surface area is 162 Å². The Morgan fingerprint density at radius 3 is 2.15 bits per heavy atom. The molecule has 1 heterocycles. The fraction of sp³-hybridized carbons (Fsp3) is 0.333. The molecule has 27 heavy (non-hydrogen) atoms. The molecule has 140 valence electrons. The minimum atomic E-state index is -1.33. The van der Waals surface area contributed by atoms with Crippen LogP contribution in [0.1, 0.15) is 29.9 Å². The zero-order chi connectivity index (χ0) is 18.9. The van der Waals surface area contributed by atoms with Crippen LogP contribution in [0.3, 0.4) is 0 Å². The van der Waals surface area contributed by atoms with Crippen LogP contribution < -0.4 is 10.4 Å². The zero-order valence-corrected chi connectivity index (χ0v) is 15.6. The van der Waals surface area contributed by atoms with Crippen LogP contribution in [0.15, 0.2) is 48.5 Å². The van der Waals surface area contributed by atoms with E-state index in [-0.39, 0.29) is 12.5 Å². The Kier molecular flexibility index (Phi) is 4.83. The summed E-state index contributed by atoms with van der Waals surface area (Å²) in [6.45, 7) is 0.164. The molecule has 1 aliphatic heterocycles. The molecular formula is C21H20NO4S-. The number of ether oxygens (including phenoxy) is 1.